The molecule has 0 saturated carbocycles. The number of rotatable bonds is 8. The lowest BCUT2D eigenvalue weighted by Crippen LogP contribution is -2.26. The van der Waals surface area contributed by atoms with Crippen molar-refractivity contribution in [3.8, 4) is 11.3 Å². The second-order valence-electron chi connectivity index (χ2n) is 4.77. The number of hydrogen-bond donors (Lipinski definition) is 2. The third-order valence-electron chi connectivity index (χ3n) is 3.12. The molecule has 1 aromatic heterocycles. The maximum atomic E-state index is 12.3. The predicted molar refractivity (Wildman–Crippen MR) is 81.5 cm³/mol. The summed E-state index contributed by atoms with van der Waals surface area (Å²) >= 11 is 0. The first-order valence-electron chi connectivity index (χ1n) is 7.22. The summed E-state index contributed by atoms with van der Waals surface area (Å²) in [6.07, 6.45) is 0.677. The van der Waals surface area contributed by atoms with Crippen LogP contribution in [-0.2, 0) is 4.74 Å². The molecule has 0 fully saturated rings. The molecule has 0 aliphatic carbocycles. The van der Waals surface area contributed by atoms with Gasteiger partial charge >= 0.3 is 0 Å². The van der Waals surface area contributed by atoms with Gasteiger partial charge in [0.15, 0.2) is 0 Å². The third kappa shape index (κ3) is 4.16. The van der Waals surface area contributed by atoms with E-state index in [1.165, 1.54) is 0 Å². The maximum Gasteiger partial charge on any atom is 0.257 e. The lowest BCUT2D eigenvalue weighted by Gasteiger charge is -2.06. The molecule has 0 unspecified atom stereocenters. The largest absolute Gasteiger partial charge is 0.394 e. The lowest BCUT2D eigenvalue weighted by molar-refractivity contribution is 0.0867. The van der Waals surface area contributed by atoms with Crippen LogP contribution in [0.4, 0.5) is 0 Å². The third-order valence-corrected chi connectivity index (χ3v) is 3.12. The number of aryl methyl sites for hydroxylation is 1. The Balaban J connectivity index is 1.97. The Hall–Kier alpha value is -2.18. The number of carbonyl (C=O) groups is 1. The number of aromatic nitrogens is 1. The summed E-state index contributed by atoms with van der Waals surface area (Å²) in [6.45, 7) is 3.03. The molecule has 0 atom stereocenters. The van der Waals surface area contributed by atoms with E-state index >= 15 is 0 Å². The van der Waals surface area contributed by atoms with Crippen molar-refractivity contribution in [3.05, 3.63) is 41.7 Å². The molecule has 22 heavy (non-hydrogen) atoms. The van der Waals surface area contributed by atoms with E-state index in [-0.39, 0.29) is 12.5 Å². The van der Waals surface area contributed by atoms with E-state index in [0.29, 0.717) is 43.2 Å². The molecule has 0 spiro atoms. The summed E-state index contributed by atoms with van der Waals surface area (Å²) in [5, 5.41) is 15.4. The van der Waals surface area contributed by atoms with Crippen LogP contribution in [0.25, 0.3) is 11.3 Å². The van der Waals surface area contributed by atoms with Crippen LogP contribution >= 0.6 is 0 Å². The van der Waals surface area contributed by atoms with E-state index in [9.17, 15) is 4.79 Å². The van der Waals surface area contributed by atoms with Crippen LogP contribution in [0.5, 0.6) is 0 Å². The highest BCUT2D eigenvalue weighted by atomic mass is 16.5. The zero-order valence-corrected chi connectivity index (χ0v) is 12.5. The van der Waals surface area contributed by atoms with E-state index < -0.39 is 0 Å². The lowest BCUT2D eigenvalue weighted by atomic mass is 10.1. The van der Waals surface area contributed by atoms with Crippen LogP contribution in [-0.4, -0.2) is 42.5 Å². The SMILES string of the molecule is Cc1onc(-c2ccccc2)c1C(=O)NCCCOCCO. The van der Waals surface area contributed by atoms with Crippen LogP contribution in [0.2, 0.25) is 0 Å². The Morgan fingerprint density at radius 2 is 2.09 bits per heavy atom. The van der Waals surface area contributed by atoms with Gasteiger partial charge in [0.1, 0.15) is 17.0 Å². The minimum Gasteiger partial charge on any atom is -0.394 e. The normalized spacial score (nSPS) is 10.6. The van der Waals surface area contributed by atoms with Crippen molar-refractivity contribution in [3.63, 3.8) is 0 Å². The smallest absolute Gasteiger partial charge is 0.257 e. The highest BCUT2D eigenvalue weighted by Gasteiger charge is 2.20. The zero-order valence-electron chi connectivity index (χ0n) is 12.5. The number of hydrogen-bond acceptors (Lipinski definition) is 5. The topological polar surface area (TPSA) is 84.6 Å². The van der Waals surface area contributed by atoms with Gasteiger partial charge in [-0.05, 0) is 13.3 Å². The number of benzene rings is 1. The van der Waals surface area contributed by atoms with E-state index in [1.54, 1.807) is 6.92 Å². The fraction of sp³-hybridized carbons (Fsp3) is 0.375. The molecular formula is C16H20N2O4. The fourth-order valence-corrected chi connectivity index (χ4v) is 2.06. The summed E-state index contributed by atoms with van der Waals surface area (Å²) in [7, 11) is 0. The van der Waals surface area contributed by atoms with Crippen LogP contribution < -0.4 is 5.32 Å². The summed E-state index contributed by atoms with van der Waals surface area (Å²) < 4.78 is 10.3. The average molecular weight is 304 g/mol. The molecule has 2 aromatic rings. The number of aliphatic hydroxyl groups excluding tert-OH is 1. The highest BCUT2D eigenvalue weighted by molar-refractivity contribution is 6.00. The van der Waals surface area contributed by atoms with E-state index in [2.05, 4.69) is 10.5 Å². The number of carbonyl (C=O) groups excluding carboxylic acids is 1. The van der Waals surface area contributed by atoms with Crippen LogP contribution in [0, 0.1) is 6.92 Å². The first kappa shape index (κ1) is 16.2. The first-order valence-corrected chi connectivity index (χ1v) is 7.22. The van der Waals surface area contributed by atoms with Gasteiger partial charge in [0, 0.05) is 18.7 Å². The second-order valence-corrected chi connectivity index (χ2v) is 4.77. The molecule has 1 amide bonds. The molecule has 0 saturated heterocycles. The van der Waals surface area contributed by atoms with Crippen molar-refractivity contribution in [1.29, 1.82) is 0 Å². The predicted octanol–water partition coefficient (Wildman–Crippen LogP) is 1.78. The quantitative estimate of drug-likeness (QED) is 0.726. The molecule has 2 N–H and O–H groups in total. The second kappa shape index (κ2) is 8.31. The molecule has 2 rings (SSSR count). The molecule has 1 heterocycles. The van der Waals surface area contributed by atoms with Crippen molar-refractivity contribution in [1.82, 2.24) is 10.5 Å². The van der Waals surface area contributed by atoms with Crippen molar-refractivity contribution < 1.29 is 19.2 Å². The van der Waals surface area contributed by atoms with Gasteiger partial charge in [0.05, 0.1) is 13.2 Å². The summed E-state index contributed by atoms with van der Waals surface area (Å²) in [5.74, 6) is 0.285. The number of ether oxygens (including phenoxy) is 1. The molecule has 6 heteroatoms. The van der Waals surface area contributed by atoms with Gasteiger partial charge in [-0.2, -0.15) is 0 Å². The fourth-order valence-electron chi connectivity index (χ4n) is 2.06. The van der Waals surface area contributed by atoms with Crippen molar-refractivity contribution >= 4 is 5.91 Å². The first-order chi connectivity index (χ1) is 10.7. The number of aliphatic hydroxyl groups is 1. The number of nitrogens with one attached hydrogen (secondary N) is 1. The molecule has 1 aromatic carbocycles. The minimum atomic E-state index is -0.209. The average Bonchev–Trinajstić information content (AvgIpc) is 2.93. The zero-order chi connectivity index (χ0) is 15.8. The summed E-state index contributed by atoms with van der Waals surface area (Å²) in [6, 6.07) is 9.45. The molecule has 118 valence electrons. The molecule has 6 nitrogen and oxygen atoms in total. The van der Waals surface area contributed by atoms with Gasteiger partial charge in [0.2, 0.25) is 0 Å². The Labute approximate surface area is 129 Å². The monoisotopic (exact) mass is 304 g/mol. The van der Waals surface area contributed by atoms with Crippen molar-refractivity contribution in [2.24, 2.45) is 0 Å². The molecule has 0 bridgehead atoms. The van der Waals surface area contributed by atoms with Gasteiger partial charge in [-0.1, -0.05) is 35.5 Å². The van der Waals surface area contributed by atoms with E-state index in [0.717, 1.165) is 5.56 Å². The van der Waals surface area contributed by atoms with Crippen molar-refractivity contribution in [2.75, 3.05) is 26.4 Å². The minimum absolute atomic E-state index is 0.00663. The number of nitrogens with zero attached hydrogens (tertiary/aromatic N) is 1. The summed E-state index contributed by atoms with van der Waals surface area (Å²) in [4.78, 5) is 12.3. The molecule has 0 aliphatic rings. The van der Waals surface area contributed by atoms with Crippen LogP contribution in [0.3, 0.4) is 0 Å². The highest BCUT2D eigenvalue weighted by Crippen LogP contribution is 2.24. The van der Waals surface area contributed by atoms with Gasteiger partial charge in [-0.15, -0.1) is 0 Å². The Morgan fingerprint density at radius 3 is 2.82 bits per heavy atom. The van der Waals surface area contributed by atoms with Gasteiger partial charge in [0.25, 0.3) is 5.91 Å². The Kier molecular flexibility index (Phi) is 6.12. The molecular weight excluding hydrogens is 284 g/mol. The van der Waals surface area contributed by atoms with Gasteiger partial charge in [-0.3, -0.25) is 4.79 Å². The summed E-state index contributed by atoms with van der Waals surface area (Å²) in [5.41, 5.74) is 1.85. The molecule has 0 radical (unpaired) electrons. The Bertz CT molecular complexity index is 595. The van der Waals surface area contributed by atoms with E-state index in [4.69, 9.17) is 14.4 Å². The standard InChI is InChI=1S/C16H20N2O4/c1-12-14(16(20)17-8-5-10-21-11-9-19)15(18-22-12)13-6-3-2-4-7-13/h2-4,6-7,19H,5,8-11H2,1H3,(H,17,20). The Morgan fingerprint density at radius 1 is 1.32 bits per heavy atom. The number of amides is 1. The molecule has 0 aliphatic heterocycles. The van der Waals surface area contributed by atoms with Crippen LogP contribution in [0.1, 0.15) is 22.5 Å². The maximum absolute atomic E-state index is 12.3. The van der Waals surface area contributed by atoms with Crippen LogP contribution in [0.15, 0.2) is 34.9 Å². The van der Waals surface area contributed by atoms with Gasteiger partial charge in [-0.25, -0.2) is 0 Å². The van der Waals surface area contributed by atoms with Gasteiger partial charge < -0.3 is 19.7 Å². The van der Waals surface area contributed by atoms with E-state index in [1.807, 2.05) is 30.3 Å². The van der Waals surface area contributed by atoms with Crippen molar-refractivity contribution in [2.45, 2.75) is 13.3 Å².